The molecule has 2 aromatic heterocycles. The van der Waals surface area contributed by atoms with E-state index in [1.165, 1.54) is 72.2 Å². The number of furan rings is 2. The molecule has 0 spiro atoms. The fraction of sp³-hybridized carbons (Fsp3) is 0.143. The summed E-state index contributed by atoms with van der Waals surface area (Å²) in [5.74, 6) is 2.07. The number of para-hydroxylation sites is 2. The topological polar surface area (TPSA) is 153 Å². The third-order valence-corrected chi connectivity index (χ3v) is 10.3. The van der Waals surface area contributed by atoms with Crippen molar-refractivity contribution in [2.24, 2.45) is 20.4 Å². The Bertz CT molecular complexity index is 1450. The van der Waals surface area contributed by atoms with Crippen LogP contribution in [0.3, 0.4) is 0 Å². The zero-order chi connectivity index (χ0) is 31.2. The molecule has 1 aliphatic rings. The van der Waals surface area contributed by atoms with Crippen LogP contribution in [0, 0.1) is 0 Å². The fourth-order valence-electron chi connectivity index (χ4n) is 3.69. The van der Waals surface area contributed by atoms with Crippen molar-refractivity contribution in [1.29, 1.82) is 0 Å². The summed E-state index contributed by atoms with van der Waals surface area (Å²) in [6, 6.07) is 24.0. The first-order valence-corrected chi connectivity index (χ1v) is 16.2. The SMILES string of the molecule is CN1/N=C\c2ccc(o2)/C=N\N(C)[P+]([O-])(Oc2ccccc2)N(C)/N=C\c2ccc(o2)/C=N\N(C)[P+]1([O-])Oc1ccccc1. The maximum atomic E-state index is 14.2. The van der Waals surface area contributed by atoms with Crippen LogP contribution in [0.4, 0.5) is 0 Å². The predicted octanol–water partition coefficient (Wildman–Crippen LogP) is 3.88. The second-order valence-electron chi connectivity index (χ2n) is 9.21. The van der Waals surface area contributed by atoms with E-state index in [4.69, 9.17) is 17.9 Å². The van der Waals surface area contributed by atoms with Gasteiger partial charge in [0.1, 0.15) is 23.0 Å². The van der Waals surface area contributed by atoms with Crippen LogP contribution in [0.15, 0.2) is 114 Å². The van der Waals surface area contributed by atoms with Gasteiger partial charge in [-0.15, -0.1) is 39.5 Å². The zero-order valence-corrected chi connectivity index (χ0v) is 26.1. The van der Waals surface area contributed by atoms with Crippen LogP contribution >= 0.6 is 16.0 Å². The number of hydrogen-bond acceptors (Lipinski definition) is 14. The molecular formula is C28H30N8O6P2. The molecule has 0 saturated heterocycles. The van der Waals surface area contributed by atoms with Gasteiger partial charge in [0, 0.05) is 0 Å². The number of hydrogen-bond donors (Lipinski definition) is 0. The summed E-state index contributed by atoms with van der Waals surface area (Å²) in [5.41, 5.74) is 0. The first-order chi connectivity index (χ1) is 21.2. The number of nitrogens with zero attached hydrogens (tertiary/aromatic N) is 8. The van der Waals surface area contributed by atoms with Gasteiger partial charge in [-0.05, 0) is 48.5 Å². The average Bonchev–Trinajstić information content (AvgIpc) is 3.69. The van der Waals surface area contributed by atoms with Gasteiger partial charge in [-0.1, -0.05) is 36.4 Å². The molecule has 0 atom stereocenters. The minimum absolute atomic E-state index is 0.335. The van der Waals surface area contributed by atoms with Crippen molar-refractivity contribution in [3.8, 4) is 11.5 Å². The van der Waals surface area contributed by atoms with Gasteiger partial charge in [-0.2, -0.15) is 0 Å². The summed E-state index contributed by atoms with van der Waals surface area (Å²) >= 11 is 0. The van der Waals surface area contributed by atoms with E-state index in [0.29, 0.717) is 34.5 Å². The molecule has 228 valence electrons. The lowest BCUT2D eigenvalue weighted by atomic mass is 10.3. The maximum absolute atomic E-state index is 14.2. The van der Waals surface area contributed by atoms with Crippen molar-refractivity contribution in [1.82, 2.24) is 19.1 Å². The number of fused-ring (bicyclic) bond motifs is 4. The van der Waals surface area contributed by atoms with Gasteiger partial charge in [0.05, 0.1) is 53.0 Å². The molecule has 4 aromatic rings. The van der Waals surface area contributed by atoms with Crippen molar-refractivity contribution in [3.63, 3.8) is 0 Å². The monoisotopic (exact) mass is 636 g/mol. The van der Waals surface area contributed by atoms with Gasteiger partial charge in [-0.25, -0.2) is 0 Å². The van der Waals surface area contributed by atoms with Gasteiger partial charge in [-0.3, -0.25) is 0 Å². The van der Waals surface area contributed by atoms with Crippen molar-refractivity contribution in [2.75, 3.05) is 28.2 Å². The summed E-state index contributed by atoms with van der Waals surface area (Å²) < 4.78 is 28.1. The number of benzene rings is 2. The van der Waals surface area contributed by atoms with Gasteiger partial charge in [0.15, 0.2) is 11.5 Å². The Morgan fingerprint density at radius 3 is 1.02 bits per heavy atom. The first kappa shape index (κ1) is 30.7. The van der Waals surface area contributed by atoms with Crippen LogP contribution in [0.1, 0.15) is 23.0 Å². The third-order valence-electron chi connectivity index (χ3n) is 6.10. The molecule has 44 heavy (non-hydrogen) atoms. The Kier molecular flexibility index (Phi) is 9.26. The smallest absolute Gasteiger partial charge is 0.382 e. The van der Waals surface area contributed by atoms with Crippen molar-refractivity contribution in [2.45, 2.75) is 0 Å². The Labute approximate surface area is 255 Å². The van der Waals surface area contributed by atoms with Crippen molar-refractivity contribution < 1.29 is 27.7 Å². The highest BCUT2D eigenvalue weighted by Gasteiger charge is 2.43. The molecule has 0 amide bonds. The summed E-state index contributed by atoms with van der Waals surface area (Å²) in [6.45, 7) is 0. The Morgan fingerprint density at radius 1 is 0.477 bits per heavy atom. The van der Waals surface area contributed by atoms with E-state index in [2.05, 4.69) is 20.4 Å². The molecule has 4 bridgehead atoms. The van der Waals surface area contributed by atoms with E-state index in [1.54, 1.807) is 72.8 Å². The average molecular weight is 637 g/mol. The first-order valence-electron chi connectivity index (χ1n) is 13.2. The molecular weight excluding hydrogens is 606 g/mol. The highest BCUT2D eigenvalue weighted by Crippen LogP contribution is 2.57. The Balaban J connectivity index is 1.51. The van der Waals surface area contributed by atoms with Crippen LogP contribution in [-0.4, -0.2) is 72.2 Å². The summed E-state index contributed by atoms with van der Waals surface area (Å²) in [7, 11) is -1.77. The molecule has 0 N–H and O–H groups in total. The van der Waals surface area contributed by atoms with E-state index in [9.17, 15) is 9.79 Å². The van der Waals surface area contributed by atoms with E-state index < -0.39 is 16.0 Å². The lowest BCUT2D eigenvalue weighted by Gasteiger charge is -2.36. The molecule has 0 radical (unpaired) electrons. The molecule has 0 unspecified atom stereocenters. The second kappa shape index (κ2) is 13.3. The number of hydrazone groups is 4. The summed E-state index contributed by atoms with van der Waals surface area (Å²) in [6.07, 6.45) is 5.51. The van der Waals surface area contributed by atoms with Crippen LogP contribution in [0.25, 0.3) is 0 Å². The lowest BCUT2D eigenvalue weighted by molar-refractivity contribution is -0.212. The van der Waals surface area contributed by atoms with Gasteiger partial charge >= 0.3 is 16.0 Å². The normalized spacial score (nSPS) is 24.0. The maximum Gasteiger partial charge on any atom is 0.382 e. The molecule has 16 heteroatoms. The van der Waals surface area contributed by atoms with E-state index in [1.807, 2.05) is 12.1 Å². The Hall–Kier alpha value is -4.74. The van der Waals surface area contributed by atoms with Crippen LogP contribution in [-0.2, 0) is 0 Å². The zero-order valence-electron chi connectivity index (χ0n) is 24.3. The third kappa shape index (κ3) is 7.07. The molecule has 1 aliphatic heterocycles. The highest BCUT2D eigenvalue weighted by atomic mass is 31.2. The molecule has 14 nitrogen and oxygen atoms in total. The molecule has 0 saturated carbocycles. The highest BCUT2D eigenvalue weighted by molar-refractivity contribution is 7.59. The quantitative estimate of drug-likeness (QED) is 0.302. The van der Waals surface area contributed by atoms with Crippen LogP contribution < -0.4 is 18.8 Å². The van der Waals surface area contributed by atoms with E-state index in [0.717, 1.165) is 0 Å². The molecule has 0 aliphatic carbocycles. The van der Waals surface area contributed by atoms with Gasteiger partial charge < -0.3 is 27.7 Å². The van der Waals surface area contributed by atoms with Crippen molar-refractivity contribution in [3.05, 3.63) is 108 Å². The molecule has 0 fully saturated rings. The summed E-state index contributed by atoms with van der Waals surface area (Å²) in [4.78, 5) is 28.4. The Morgan fingerprint density at radius 2 is 0.750 bits per heavy atom. The molecule has 5 rings (SSSR count). The van der Waals surface area contributed by atoms with Crippen LogP contribution in [0.5, 0.6) is 11.5 Å². The predicted molar refractivity (Wildman–Crippen MR) is 167 cm³/mol. The number of rotatable bonds is 4. The fourth-order valence-corrected chi connectivity index (χ4v) is 6.43. The van der Waals surface area contributed by atoms with E-state index in [-0.39, 0.29) is 0 Å². The summed E-state index contributed by atoms with van der Waals surface area (Å²) in [5, 5.41) is 17.3. The molecule has 2 aromatic carbocycles. The van der Waals surface area contributed by atoms with Crippen LogP contribution in [0.2, 0.25) is 0 Å². The second-order valence-corrected chi connectivity index (χ2v) is 13.8. The lowest BCUT2D eigenvalue weighted by Crippen LogP contribution is -2.37. The minimum atomic E-state index is -3.89. The van der Waals surface area contributed by atoms with E-state index >= 15 is 0 Å². The standard InChI is InChI=1S/C28H30N8O6P2/c1-33-29-19-25-15-16-27(39-25)21-31-35(3)44(38,42-24-13-9-6-10-14-24)36(4)32-22-28-18-17-26(40-28)20-30-34(2)43(33,37)41-23-11-7-5-8-12-23/h5-22H,1-4H3/b29-19-,30-20-,31-21-,32-22-. The molecule has 3 heterocycles. The van der Waals surface area contributed by atoms with Crippen molar-refractivity contribution >= 4 is 40.9 Å². The van der Waals surface area contributed by atoms with Gasteiger partial charge in [0.25, 0.3) is 0 Å². The minimum Gasteiger partial charge on any atom is -0.608 e. The van der Waals surface area contributed by atoms with Gasteiger partial charge in [0.2, 0.25) is 0 Å². The largest absolute Gasteiger partial charge is 0.608 e.